The topological polar surface area (TPSA) is 53.4 Å². The molecular formula is C21H18F2N2O2. The molecule has 4 nitrogen and oxygen atoms in total. The highest BCUT2D eigenvalue weighted by atomic mass is 19.1. The van der Waals surface area contributed by atoms with Gasteiger partial charge in [-0.05, 0) is 49.2 Å². The summed E-state index contributed by atoms with van der Waals surface area (Å²) in [6.45, 7) is 0.447. The van der Waals surface area contributed by atoms with E-state index in [-0.39, 0.29) is 29.9 Å². The van der Waals surface area contributed by atoms with E-state index in [0.29, 0.717) is 28.8 Å². The van der Waals surface area contributed by atoms with Crippen LogP contribution in [0.15, 0.2) is 48.5 Å². The van der Waals surface area contributed by atoms with Crippen molar-refractivity contribution in [3.63, 3.8) is 0 Å². The van der Waals surface area contributed by atoms with Gasteiger partial charge in [0.2, 0.25) is 0 Å². The molecule has 0 aliphatic carbocycles. The zero-order valence-corrected chi connectivity index (χ0v) is 14.5. The number of carbonyl (C=O) groups is 1. The van der Waals surface area contributed by atoms with Gasteiger partial charge in [-0.15, -0.1) is 0 Å². The molecule has 3 aromatic rings. The van der Waals surface area contributed by atoms with Gasteiger partial charge in [0, 0.05) is 17.5 Å². The molecule has 1 amide bonds. The van der Waals surface area contributed by atoms with Gasteiger partial charge >= 0.3 is 0 Å². The van der Waals surface area contributed by atoms with Crippen LogP contribution in [0.5, 0.6) is 0 Å². The maximum absolute atomic E-state index is 14.4. The summed E-state index contributed by atoms with van der Waals surface area (Å²) < 4.78 is 27.7. The normalized spacial score (nSPS) is 16.9. The van der Waals surface area contributed by atoms with Gasteiger partial charge in [0.15, 0.2) is 0 Å². The van der Waals surface area contributed by atoms with E-state index in [2.05, 4.69) is 4.98 Å². The second-order valence-corrected chi connectivity index (χ2v) is 6.68. The minimum atomic E-state index is -0.523. The van der Waals surface area contributed by atoms with Crippen LogP contribution in [0.4, 0.5) is 8.78 Å². The van der Waals surface area contributed by atoms with Crippen molar-refractivity contribution in [2.75, 3.05) is 13.2 Å². The van der Waals surface area contributed by atoms with Crippen LogP contribution in [0.3, 0.4) is 0 Å². The Morgan fingerprint density at radius 3 is 2.70 bits per heavy atom. The molecule has 1 atom stereocenters. The van der Waals surface area contributed by atoms with Gasteiger partial charge in [0.25, 0.3) is 5.91 Å². The smallest absolute Gasteiger partial charge is 0.254 e. The van der Waals surface area contributed by atoms with Crippen LogP contribution in [0.2, 0.25) is 0 Å². The molecule has 1 aliphatic rings. The van der Waals surface area contributed by atoms with E-state index in [0.717, 1.165) is 12.8 Å². The van der Waals surface area contributed by atoms with Crippen LogP contribution >= 0.6 is 0 Å². The van der Waals surface area contributed by atoms with Crippen molar-refractivity contribution >= 4 is 16.8 Å². The number of aliphatic hydroxyl groups excluding tert-OH is 1. The maximum atomic E-state index is 14.4. The average molecular weight is 368 g/mol. The van der Waals surface area contributed by atoms with Gasteiger partial charge in [0.05, 0.1) is 23.9 Å². The van der Waals surface area contributed by atoms with Crippen molar-refractivity contribution in [3.05, 3.63) is 65.7 Å². The summed E-state index contributed by atoms with van der Waals surface area (Å²) in [5, 5.41) is 9.97. The zero-order chi connectivity index (χ0) is 19.0. The van der Waals surface area contributed by atoms with E-state index in [9.17, 15) is 18.7 Å². The summed E-state index contributed by atoms with van der Waals surface area (Å²) in [7, 11) is 0. The first kappa shape index (κ1) is 17.5. The maximum Gasteiger partial charge on any atom is 0.254 e. The molecule has 1 aromatic heterocycles. The predicted molar refractivity (Wildman–Crippen MR) is 98.2 cm³/mol. The fourth-order valence-electron chi connectivity index (χ4n) is 3.61. The van der Waals surface area contributed by atoms with Gasteiger partial charge < -0.3 is 10.0 Å². The SMILES string of the molecule is O=C(c1cc(-c2ccc(F)cc2)nc2c(F)cccc12)N1CCCC1CO. The molecule has 1 fully saturated rings. The first-order valence-electron chi connectivity index (χ1n) is 8.85. The number of nitrogens with zero attached hydrogens (tertiary/aromatic N) is 2. The summed E-state index contributed by atoms with van der Waals surface area (Å²) in [4.78, 5) is 19.2. The zero-order valence-electron chi connectivity index (χ0n) is 14.5. The van der Waals surface area contributed by atoms with E-state index >= 15 is 0 Å². The Morgan fingerprint density at radius 1 is 1.19 bits per heavy atom. The van der Waals surface area contributed by atoms with Gasteiger partial charge in [-0.2, -0.15) is 0 Å². The third kappa shape index (κ3) is 3.17. The van der Waals surface area contributed by atoms with Crippen LogP contribution in [-0.4, -0.2) is 40.1 Å². The fourth-order valence-corrected chi connectivity index (χ4v) is 3.61. The van der Waals surface area contributed by atoms with Crippen LogP contribution < -0.4 is 0 Å². The highest BCUT2D eigenvalue weighted by Crippen LogP contribution is 2.29. The van der Waals surface area contributed by atoms with Crippen molar-refractivity contribution in [2.45, 2.75) is 18.9 Å². The minimum Gasteiger partial charge on any atom is -0.394 e. The number of carbonyl (C=O) groups excluding carboxylic acids is 1. The van der Waals surface area contributed by atoms with E-state index in [1.807, 2.05) is 0 Å². The standard InChI is InChI=1S/C21H18F2N2O2/c22-14-8-6-13(7-9-14)19-11-17(16-4-1-5-18(23)20(16)24-19)21(27)25-10-2-3-15(25)12-26/h1,4-9,11,15,26H,2-3,10,12H2. The van der Waals surface area contributed by atoms with E-state index < -0.39 is 5.82 Å². The summed E-state index contributed by atoms with van der Waals surface area (Å²) in [6.07, 6.45) is 1.56. The van der Waals surface area contributed by atoms with Crippen molar-refractivity contribution in [1.82, 2.24) is 9.88 Å². The lowest BCUT2D eigenvalue weighted by Gasteiger charge is -2.24. The highest BCUT2D eigenvalue weighted by molar-refractivity contribution is 6.07. The van der Waals surface area contributed by atoms with Gasteiger partial charge in [-0.25, -0.2) is 13.8 Å². The summed E-state index contributed by atoms with van der Waals surface area (Å²) in [5.74, 6) is -1.16. The van der Waals surface area contributed by atoms with Gasteiger partial charge in [-0.1, -0.05) is 12.1 Å². The third-order valence-corrected chi connectivity index (χ3v) is 5.01. The number of likely N-dealkylation sites (tertiary alicyclic amines) is 1. The van der Waals surface area contributed by atoms with Crippen LogP contribution in [0.1, 0.15) is 23.2 Å². The molecule has 4 rings (SSSR count). The first-order chi connectivity index (χ1) is 13.1. The predicted octanol–water partition coefficient (Wildman–Crippen LogP) is 3.78. The molecule has 138 valence electrons. The number of amides is 1. The molecule has 1 unspecified atom stereocenters. The number of hydrogen-bond donors (Lipinski definition) is 1. The Kier molecular flexibility index (Phi) is 4.58. The van der Waals surface area contributed by atoms with Crippen LogP contribution in [-0.2, 0) is 0 Å². The second kappa shape index (κ2) is 7.04. The second-order valence-electron chi connectivity index (χ2n) is 6.68. The molecule has 1 N–H and O–H groups in total. The Hall–Kier alpha value is -2.86. The Labute approximate surface area is 155 Å². The van der Waals surface area contributed by atoms with E-state index in [1.165, 1.54) is 18.2 Å². The number of aromatic nitrogens is 1. The number of para-hydroxylation sites is 1. The van der Waals surface area contributed by atoms with E-state index in [1.54, 1.807) is 35.2 Å². The number of halogens is 2. The molecule has 1 aliphatic heterocycles. The Balaban J connectivity index is 1.89. The lowest BCUT2D eigenvalue weighted by atomic mass is 10.0. The lowest BCUT2D eigenvalue weighted by molar-refractivity contribution is 0.0679. The monoisotopic (exact) mass is 368 g/mol. The molecular weight excluding hydrogens is 350 g/mol. The Morgan fingerprint density at radius 2 is 1.96 bits per heavy atom. The molecule has 0 saturated carbocycles. The van der Waals surface area contributed by atoms with Crippen LogP contribution in [0, 0.1) is 11.6 Å². The summed E-state index contributed by atoms with van der Waals surface area (Å²) >= 11 is 0. The molecule has 0 spiro atoms. The molecule has 0 radical (unpaired) electrons. The first-order valence-corrected chi connectivity index (χ1v) is 8.85. The molecule has 0 bridgehead atoms. The molecule has 2 heterocycles. The van der Waals surface area contributed by atoms with Crippen molar-refractivity contribution in [2.24, 2.45) is 0 Å². The molecule has 2 aromatic carbocycles. The molecule has 27 heavy (non-hydrogen) atoms. The Bertz CT molecular complexity index is 1000. The minimum absolute atomic E-state index is 0.0995. The van der Waals surface area contributed by atoms with Gasteiger partial charge in [-0.3, -0.25) is 4.79 Å². The highest BCUT2D eigenvalue weighted by Gasteiger charge is 2.30. The average Bonchev–Trinajstić information content (AvgIpc) is 3.16. The quantitative estimate of drug-likeness (QED) is 0.766. The third-order valence-electron chi connectivity index (χ3n) is 5.01. The number of rotatable bonds is 3. The number of hydrogen-bond acceptors (Lipinski definition) is 3. The summed E-state index contributed by atoms with van der Waals surface area (Å²) in [5.41, 5.74) is 1.42. The lowest BCUT2D eigenvalue weighted by Crippen LogP contribution is -2.37. The largest absolute Gasteiger partial charge is 0.394 e. The molecule has 6 heteroatoms. The van der Waals surface area contributed by atoms with Gasteiger partial charge in [0.1, 0.15) is 17.2 Å². The van der Waals surface area contributed by atoms with E-state index in [4.69, 9.17) is 0 Å². The number of aliphatic hydroxyl groups is 1. The number of benzene rings is 2. The number of fused-ring (bicyclic) bond motifs is 1. The molecule has 1 saturated heterocycles. The van der Waals surface area contributed by atoms with Crippen molar-refractivity contribution in [3.8, 4) is 11.3 Å². The fraction of sp³-hybridized carbons (Fsp3) is 0.238. The van der Waals surface area contributed by atoms with Crippen molar-refractivity contribution in [1.29, 1.82) is 0 Å². The number of pyridine rings is 1. The summed E-state index contributed by atoms with van der Waals surface area (Å²) in [6, 6.07) is 11.6. The van der Waals surface area contributed by atoms with Crippen LogP contribution in [0.25, 0.3) is 22.2 Å². The van der Waals surface area contributed by atoms with Crippen molar-refractivity contribution < 1.29 is 18.7 Å².